The standard InChI is InChI=1S/C37H41NO6/c1-7-37(5,6)38-31(34(40)43-24-27-19-13-9-14-20-27)29(33(39)42-23-26-17-11-8-12-18-26)30(36(2,3)4)32(38)35(41)44-25-28-21-15-10-16-22-28/h8-22H,7,23-25H2,1-6H3. The van der Waals surface area contributed by atoms with E-state index in [1.165, 1.54) is 0 Å². The number of ether oxygens (including phenoxy) is 3. The molecule has 0 spiro atoms. The van der Waals surface area contributed by atoms with Gasteiger partial charge in [-0.05, 0) is 42.4 Å². The third-order valence-electron chi connectivity index (χ3n) is 7.62. The number of carbonyl (C=O) groups is 3. The van der Waals surface area contributed by atoms with Crippen molar-refractivity contribution in [3.05, 3.63) is 130 Å². The Hall–Kier alpha value is -4.65. The van der Waals surface area contributed by atoms with Crippen LogP contribution in [0.2, 0.25) is 0 Å². The van der Waals surface area contributed by atoms with Gasteiger partial charge in [-0.3, -0.25) is 0 Å². The van der Waals surface area contributed by atoms with Crippen molar-refractivity contribution in [2.75, 3.05) is 0 Å². The summed E-state index contributed by atoms with van der Waals surface area (Å²) in [7, 11) is 0. The van der Waals surface area contributed by atoms with Gasteiger partial charge in [-0.1, -0.05) is 119 Å². The third kappa shape index (κ3) is 7.46. The molecule has 1 heterocycles. The molecule has 230 valence electrons. The number of rotatable bonds is 11. The molecule has 0 aliphatic heterocycles. The number of benzene rings is 3. The fourth-order valence-electron chi connectivity index (χ4n) is 5.03. The third-order valence-corrected chi connectivity index (χ3v) is 7.62. The molecule has 1 aromatic heterocycles. The van der Waals surface area contributed by atoms with E-state index in [4.69, 9.17) is 14.2 Å². The summed E-state index contributed by atoms with van der Waals surface area (Å²) in [4.78, 5) is 42.3. The minimum Gasteiger partial charge on any atom is -0.457 e. The van der Waals surface area contributed by atoms with Crippen molar-refractivity contribution >= 4 is 17.9 Å². The van der Waals surface area contributed by atoms with Crippen molar-refractivity contribution in [3.8, 4) is 0 Å². The normalized spacial score (nSPS) is 11.6. The average Bonchev–Trinajstić information content (AvgIpc) is 3.41. The van der Waals surface area contributed by atoms with Gasteiger partial charge in [0.05, 0.1) is 5.56 Å². The molecule has 4 rings (SSSR count). The van der Waals surface area contributed by atoms with E-state index in [0.717, 1.165) is 16.7 Å². The molecule has 0 saturated heterocycles. The second kappa shape index (κ2) is 13.8. The summed E-state index contributed by atoms with van der Waals surface area (Å²) in [5.41, 5.74) is 1.37. The Labute approximate surface area is 259 Å². The molecule has 3 aromatic carbocycles. The first-order valence-corrected chi connectivity index (χ1v) is 14.9. The second-order valence-corrected chi connectivity index (χ2v) is 12.4. The first-order valence-electron chi connectivity index (χ1n) is 14.9. The maximum absolute atomic E-state index is 14.1. The van der Waals surface area contributed by atoms with E-state index in [1.54, 1.807) is 4.57 Å². The SMILES string of the molecule is CCC(C)(C)n1c(C(=O)OCc2ccccc2)c(C(=O)OCc2ccccc2)c(C(C)(C)C)c1C(=O)OCc1ccccc1. The number of aromatic nitrogens is 1. The fourth-order valence-corrected chi connectivity index (χ4v) is 5.03. The van der Waals surface area contributed by atoms with Crippen LogP contribution >= 0.6 is 0 Å². The van der Waals surface area contributed by atoms with Gasteiger partial charge in [0.1, 0.15) is 31.2 Å². The highest BCUT2D eigenvalue weighted by Gasteiger charge is 2.43. The predicted molar refractivity (Wildman–Crippen MR) is 169 cm³/mol. The Bertz CT molecular complexity index is 1580. The lowest BCUT2D eigenvalue weighted by Crippen LogP contribution is -2.33. The maximum atomic E-state index is 14.1. The number of carbonyl (C=O) groups excluding carboxylic acids is 3. The van der Waals surface area contributed by atoms with Gasteiger partial charge in [0.25, 0.3) is 0 Å². The van der Waals surface area contributed by atoms with Gasteiger partial charge >= 0.3 is 17.9 Å². The molecule has 44 heavy (non-hydrogen) atoms. The van der Waals surface area contributed by atoms with Crippen molar-refractivity contribution in [1.82, 2.24) is 4.57 Å². The number of nitrogens with zero attached hydrogens (tertiary/aromatic N) is 1. The van der Waals surface area contributed by atoms with E-state index >= 15 is 0 Å². The Morgan fingerprint density at radius 1 is 0.568 bits per heavy atom. The van der Waals surface area contributed by atoms with Crippen LogP contribution in [0.1, 0.15) is 102 Å². The zero-order chi connectivity index (χ0) is 31.9. The molecule has 0 radical (unpaired) electrons. The Balaban J connectivity index is 1.89. The van der Waals surface area contributed by atoms with Gasteiger partial charge in [-0.2, -0.15) is 0 Å². The molecule has 0 fully saturated rings. The largest absolute Gasteiger partial charge is 0.457 e. The van der Waals surface area contributed by atoms with Crippen molar-refractivity contribution in [1.29, 1.82) is 0 Å². The van der Waals surface area contributed by atoms with Crippen molar-refractivity contribution < 1.29 is 28.6 Å². The summed E-state index contributed by atoms with van der Waals surface area (Å²) in [6, 6.07) is 28.0. The van der Waals surface area contributed by atoms with E-state index in [1.807, 2.05) is 133 Å². The van der Waals surface area contributed by atoms with E-state index in [0.29, 0.717) is 12.0 Å². The summed E-state index contributed by atoms with van der Waals surface area (Å²) in [5.74, 6) is -2.08. The molecule has 0 aliphatic rings. The van der Waals surface area contributed by atoms with Crippen LogP contribution in [0.4, 0.5) is 0 Å². The van der Waals surface area contributed by atoms with Crippen LogP contribution in [-0.4, -0.2) is 22.5 Å². The number of esters is 3. The minimum absolute atomic E-state index is 0.00209. The van der Waals surface area contributed by atoms with Gasteiger partial charge in [0.2, 0.25) is 0 Å². The monoisotopic (exact) mass is 595 g/mol. The molecule has 0 atom stereocenters. The lowest BCUT2D eigenvalue weighted by Gasteiger charge is -2.30. The van der Waals surface area contributed by atoms with Gasteiger partial charge in [-0.25, -0.2) is 14.4 Å². The van der Waals surface area contributed by atoms with Gasteiger partial charge in [-0.15, -0.1) is 0 Å². The van der Waals surface area contributed by atoms with E-state index < -0.39 is 28.9 Å². The van der Waals surface area contributed by atoms with Gasteiger partial charge in [0.15, 0.2) is 0 Å². The first-order chi connectivity index (χ1) is 20.9. The molecule has 0 unspecified atom stereocenters. The van der Waals surface area contributed by atoms with Crippen LogP contribution in [0.25, 0.3) is 0 Å². The molecular formula is C37H41NO6. The molecule has 0 bridgehead atoms. The Morgan fingerprint density at radius 2 is 0.932 bits per heavy atom. The summed E-state index contributed by atoms with van der Waals surface area (Å²) < 4.78 is 19.1. The zero-order valence-electron chi connectivity index (χ0n) is 26.4. The smallest absolute Gasteiger partial charge is 0.356 e. The second-order valence-electron chi connectivity index (χ2n) is 12.4. The quantitative estimate of drug-likeness (QED) is 0.129. The van der Waals surface area contributed by atoms with Crippen molar-refractivity contribution in [2.24, 2.45) is 0 Å². The molecule has 4 aromatic rings. The molecule has 0 N–H and O–H groups in total. The van der Waals surface area contributed by atoms with E-state index in [-0.39, 0.29) is 36.8 Å². The summed E-state index contributed by atoms with van der Waals surface area (Å²) >= 11 is 0. The Morgan fingerprint density at radius 3 is 1.30 bits per heavy atom. The van der Waals surface area contributed by atoms with Crippen molar-refractivity contribution in [2.45, 2.75) is 78.7 Å². The molecule has 7 nitrogen and oxygen atoms in total. The van der Waals surface area contributed by atoms with Crippen LogP contribution in [0, 0.1) is 0 Å². The Kier molecular flexibility index (Phi) is 10.1. The molecule has 7 heteroatoms. The molecule has 0 aliphatic carbocycles. The van der Waals surface area contributed by atoms with Gasteiger partial charge in [0, 0.05) is 11.1 Å². The molecule has 0 amide bonds. The lowest BCUT2D eigenvalue weighted by atomic mass is 9.83. The molecular weight excluding hydrogens is 554 g/mol. The topological polar surface area (TPSA) is 83.8 Å². The van der Waals surface area contributed by atoms with Crippen molar-refractivity contribution in [3.63, 3.8) is 0 Å². The van der Waals surface area contributed by atoms with Crippen LogP contribution < -0.4 is 0 Å². The highest BCUT2D eigenvalue weighted by molar-refractivity contribution is 6.07. The number of hydrogen-bond donors (Lipinski definition) is 0. The van der Waals surface area contributed by atoms with Crippen LogP contribution in [0.3, 0.4) is 0 Å². The highest BCUT2D eigenvalue weighted by atomic mass is 16.5. The minimum atomic E-state index is -0.778. The zero-order valence-corrected chi connectivity index (χ0v) is 26.4. The summed E-state index contributed by atoms with van der Waals surface area (Å²) in [6.45, 7) is 11.5. The summed E-state index contributed by atoms with van der Waals surface area (Å²) in [6.07, 6.45) is 0.543. The molecule has 0 saturated carbocycles. The summed E-state index contributed by atoms with van der Waals surface area (Å²) in [5, 5.41) is 0. The van der Waals surface area contributed by atoms with Crippen LogP contribution in [0.15, 0.2) is 91.0 Å². The average molecular weight is 596 g/mol. The lowest BCUT2D eigenvalue weighted by molar-refractivity contribution is 0.0403. The highest BCUT2D eigenvalue weighted by Crippen LogP contribution is 2.40. The van der Waals surface area contributed by atoms with E-state index in [2.05, 4.69) is 0 Å². The van der Waals surface area contributed by atoms with Crippen LogP contribution in [-0.2, 0) is 45.0 Å². The first kappa shape index (κ1) is 32.3. The van der Waals surface area contributed by atoms with E-state index in [9.17, 15) is 14.4 Å². The van der Waals surface area contributed by atoms with Gasteiger partial charge < -0.3 is 18.8 Å². The van der Waals surface area contributed by atoms with Crippen LogP contribution in [0.5, 0.6) is 0 Å². The maximum Gasteiger partial charge on any atom is 0.356 e. The predicted octanol–water partition coefficient (Wildman–Crippen LogP) is 8.00. The number of hydrogen-bond acceptors (Lipinski definition) is 6. The fraction of sp³-hybridized carbons (Fsp3) is 0.324.